The summed E-state index contributed by atoms with van der Waals surface area (Å²) in [5.74, 6) is -0.796. The average Bonchev–Trinajstić information content (AvgIpc) is 3.57. The highest BCUT2D eigenvalue weighted by molar-refractivity contribution is 9.11. The molecule has 2 aromatic heterocycles. The summed E-state index contributed by atoms with van der Waals surface area (Å²) in [6, 6.07) is 21.6. The molecule has 2 aliphatic heterocycles. The number of carboxylic acid groups (broad SMARTS) is 1. The molecular weight excluding hydrogens is 717 g/mol. The number of fused-ring (bicyclic) bond motifs is 2. The number of aliphatic carboxylic acids is 1. The highest BCUT2D eigenvalue weighted by Gasteiger charge is 2.38. The van der Waals surface area contributed by atoms with Crippen molar-refractivity contribution in [1.82, 2.24) is 20.6 Å². The number of aliphatic imine (C=N–C) groups is 2. The molecule has 0 aliphatic carbocycles. The normalized spacial score (nSPS) is 15.0. The maximum atomic E-state index is 10.6. The van der Waals surface area contributed by atoms with E-state index in [2.05, 4.69) is 123 Å². The molecule has 0 fully saturated rings. The van der Waals surface area contributed by atoms with Crippen LogP contribution in [0.1, 0.15) is 24.0 Å². The van der Waals surface area contributed by atoms with Gasteiger partial charge >= 0.3 is 12.1 Å². The molecule has 0 saturated carbocycles. The first kappa shape index (κ1) is 30.9. The van der Waals surface area contributed by atoms with Gasteiger partial charge in [-0.15, -0.1) is 0 Å². The molecule has 4 heterocycles. The van der Waals surface area contributed by atoms with Crippen molar-refractivity contribution in [3.05, 3.63) is 80.7 Å². The quantitative estimate of drug-likeness (QED) is 0.130. The molecular formula is C32H27Br2F3N6O2. The first-order valence-corrected chi connectivity index (χ1v) is 15.8. The monoisotopic (exact) mass is 742 g/mol. The van der Waals surface area contributed by atoms with Crippen molar-refractivity contribution in [3.63, 3.8) is 0 Å². The number of nitrogens with one attached hydrogen (secondary N) is 4. The summed E-state index contributed by atoms with van der Waals surface area (Å²) < 4.78 is 33.9. The summed E-state index contributed by atoms with van der Waals surface area (Å²) >= 11 is 7.68. The van der Waals surface area contributed by atoms with Crippen molar-refractivity contribution in [2.24, 2.45) is 9.98 Å². The number of amidine groups is 2. The van der Waals surface area contributed by atoms with Crippen molar-refractivity contribution >= 4 is 71.3 Å². The topological polar surface area (TPSA) is 118 Å². The van der Waals surface area contributed by atoms with Gasteiger partial charge in [-0.2, -0.15) is 13.2 Å². The summed E-state index contributed by atoms with van der Waals surface area (Å²) in [6.45, 7) is 3.71. The van der Waals surface area contributed by atoms with Crippen LogP contribution in [-0.4, -0.2) is 65.1 Å². The van der Waals surface area contributed by atoms with Crippen molar-refractivity contribution in [3.8, 4) is 22.5 Å². The zero-order chi connectivity index (χ0) is 31.7. The Bertz CT molecular complexity index is 1830. The fraction of sp³-hybridized carbons (Fsp3) is 0.219. The van der Waals surface area contributed by atoms with Crippen LogP contribution in [0.15, 0.2) is 79.6 Å². The van der Waals surface area contributed by atoms with E-state index in [4.69, 9.17) is 9.90 Å². The third-order valence-corrected chi connectivity index (χ3v) is 9.16. The number of aromatic amines is 2. The van der Waals surface area contributed by atoms with Gasteiger partial charge in [0, 0.05) is 59.1 Å². The van der Waals surface area contributed by atoms with Crippen LogP contribution >= 0.6 is 31.9 Å². The molecule has 0 spiro atoms. The van der Waals surface area contributed by atoms with Gasteiger partial charge in [-0.1, -0.05) is 48.5 Å². The molecule has 0 unspecified atom stereocenters. The fourth-order valence-corrected chi connectivity index (χ4v) is 6.62. The standard InChI is InChI=1S/C30H26Br2N6.C2HF3O2/c31-25-21-9-7-19(29-33-11-1-12-34-29)15-23(21)37-27(25)17-3-5-18(6-4-17)28-26(32)22-10-8-20(16-24(22)38-28)30-35-13-2-14-36-30;3-2(4,5)1(6)7/h3-10,15-16,37-38H,1-2,11-14H2,(H,33,34)(H,35,36);(H,6,7). The first-order valence-electron chi connectivity index (χ1n) is 14.2. The largest absolute Gasteiger partial charge is 0.490 e. The smallest absolute Gasteiger partial charge is 0.475 e. The Labute approximate surface area is 272 Å². The lowest BCUT2D eigenvalue weighted by Gasteiger charge is -2.14. The van der Waals surface area contributed by atoms with Crippen LogP contribution in [0.4, 0.5) is 13.2 Å². The van der Waals surface area contributed by atoms with Crippen LogP contribution in [0.25, 0.3) is 44.3 Å². The minimum atomic E-state index is -5.08. The van der Waals surface area contributed by atoms with E-state index in [1.807, 2.05) is 0 Å². The van der Waals surface area contributed by atoms with Crippen LogP contribution in [0.2, 0.25) is 0 Å². The number of carbonyl (C=O) groups is 1. The number of hydrogen-bond donors (Lipinski definition) is 5. The van der Waals surface area contributed by atoms with Crippen molar-refractivity contribution in [1.29, 1.82) is 0 Å². The molecule has 0 radical (unpaired) electrons. The van der Waals surface area contributed by atoms with Crippen molar-refractivity contribution in [2.45, 2.75) is 19.0 Å². The third-order valence-electron chi connectivity index (χ3n) is 7.52. The summed E-state index contributed by atoms with van der Waals surface area (Å²) in [5, 5.41) is 16.3. The number of halogens is 5. The van der Waals surface area contributed by atoms with Gasteiger partial charge in [0.1, 0.15) is 11.7 Å². The Morgan fingerprint density at radius 3 is 1.40 bits per heavy atom. The molecule has 2 aliphatic rings. The van der Waals surface area contributed by atoms with Gasteiger partial charge in [0.05, 0.1) is 20.3 Å². The Morgan fingerprint density at radius 2 is 1.07 bits per heavy atom. The van der Waals surface area contributed by atoms with E-state index in [1.54, 1.807) is 0 Å². The fourth-order valence-electron chi connectivity index (χ4n) is 5.27. The molecule has 45 heavy (non-hydrogen) atoms. The van der Waals surface area contributed by atoms with E-state index < -0.39 is 12.1 Å². The maximum Gasteiger partial charge on any atom is 0.490 e. The van der Waals surface area contributed by atoms with Crippen molar-refractivity contribution < 1.29 is 23.1 Å². The molecule has 0 amide bonds. The predicted octanol–water partition coefficient (Wildman–Crippen LogP) is 7.62. The highest BCUT2D eigenvalue weighted by atomic mass is 79.9. The Kier molecular flexibility index (Phi) is 8.74. The van der Waals surface area contributed by atoms with E-state index in [0.717, 1.165) is 115 Å². The number of rotatable bonds is 4. The number of hydrogen-bond acceptors (Lipinski definition) is 5. The number of nitrogens with zero attached hydrogens (tertiary/aromatic N) is 2. The summed E-state index contributed by atoms with van der Waals surface area (Å²) in [7, 11) is 0. The molecule has 13 heteroatoms. The summed E-state index contributed by atoms with van der Waals surface area (Å²) in [6.07, 6.45) is -2.91. The molecule has 8 nitrogen and oxygen atoms in total. The van der Waals surface area contributed by atoms with Gasteiger partial charge in [0.25, 0.3) is 0 Å². The minimum absolute atomic E-state index is 0.881. The van der Waals surface area contributed by atoms with Crippen LogP contribution in [0.3, 0.4) is 0 Å². The third kappa shape index (κ3) is 6.50. The number of benzene rings is 3. The lowest BCUT2D eigenvalue weighted by atomic mass is 10.1. The zero-order valence-electron chi connectivity index (χ0n) is 23.7. The molecule has 0 saturated heterocycles. The molecule has 0 atom stereocenters. The second kappa shape index (κ2) is 12.7. The maximum absolute atomic E-state index is 10.6. The van der Waals surface area contributed by atoms with E-state index >= 15 is 0 Å². The van der Waals surface area contributed by atoms with E-state index in [0.29, 0.717) is 0 Å². The van der Waals surface area contributed by atoms with E-state index in [9.17, 15) is 13.2 Å². The first-order chi connectivity index (χ1) is 21.6. The second-order valence-corrected chi connectivity index (χ2v) is 12.1. The van der Waals surface area contributed by atoms with Crippen molar-refractivity contribution in [2.75, 3.05) is 26.2 Å². The van der Waals surface area contributed by atoms with Gasteiger partial charge in [-0.25, -0.2) is 4.79 Å². The van der Waals surface area contributed by atoms with Crippen LogP contribution in [0, 0.1) is 0 Å². The highest BCUT2D eigenvalue weighted by Crippen LogP contribution is 2.38. The summed E-state index contributed by atoms with van der Waals surface area (Å²) in [4.78, 5) is 25.4. The molecule has 3 aromatic carbocycles. The zero-order valence-corrected chi connectivity index (χ0v) is 26.8. The molecule has 5 aromatic rings. The SMILES string of the molecule is Brc1c(-c2ccc(-c3[nH]c4cc(C5=NCCCN5)ccc4c3Br)cc2)[nH]c2cc(C3=NCCCN3)ccc12.O=C(O)C(F)(F)F. The summed E-state index contributed by atoms with van der Waals surface area (Å²) in [5.41, 5.74) is 8.82. The lowest BCUT2D eigenvalue weighted by molar-refractivity contribution is -0.192. The van der Waals surface area contributed by atoms with Gasteiger partial charge in [-0.05, 0) is 68.0 Å². The number of alkyl halides is 3. The Hall–Kier alpha value is -4.10. The van der Waals surface area contributed by atoms with Gasteiger partial charge in [0.2, 0.25) is 0 Å². The average molecular weight is 744 g/mol. The van der Waals surface area contributed by atoms with Gasteiger partial charge in [-0.3, -0.25) is 9.98 Å². The predicted molar refractivity (Wildman–Crippen MR) is 178 cm³/mol. The second-order valence-electron chi connectivity index (χ2n) is 10.6. The van der Waals surface area contributed by atoms with E-state index in [-0.39, 0.29) is 0 Å². The van der Waals surface area contributed by atoms with E-state index in [1.165, 1.54) is 0 Å². The number of carboxylic acids is 1. The Balaban J connectivity index is 0.000000460. The lowest BCUT2D eigenvalue weighted by Crippen LogP contribution is -2.30. The molecule has 7 rings (SSSR count). The number of H-pyrrole nitrogens is 2. The molecule has 0 bridgehead atoms. The Morgan fingerprint density at radius 1 is 0.689 bits per heavy atom. The van der Waals surface area contributed by atoms with Crippen LogP contribution in [-0.2, 0) is 4.79 Å². The van der Waals surface area contributed by atoms with Crippen LogP contribution in [0.5, 0.6) is 0 Å². The van der Waals surface area contributed by atoms with Gasteiger partial charge in [0.15, 0.2) is 0 Å². The number of aromatic nitrogens is 2. The molecule has 5 N–H and O–H groups in total. The van der Waals surface area contributed by atoms with Gasteiger partial charge < -0.3 is 25.7 Å². The molecule has 232 valence electrons. The minimum Gasteiger partial charge on any atom is -0.475 e. The van der Waals surface area contributed by atoms with Crippen LogP contribution < -0.4 is 10.6 Å².